The third-order valence-corrected chi connectivity index (χ3v) is 3.40. The molecule has 0 radical (unpaired) electrons. The van der Waals surface area contributed by atoms with E-state index < -0.39 is 0 Å². The van der Waals surface area contributed by atoms with Gasteiger partial charge in [-0.05, 0) is 30.7 Å². The molecule has 0 spiro atoms. The third kappa shape index (κ3) is 3.81. The van der Waals surface area contributed by atoms with E-state index in [0.29, 0.717) is 0 Å². The number of benzene rings is 1. The van der Waals surface area contributed by atoms with Crippen molar-refractivity contribution in [3.05, 3.63) is 59.4 Å². The van der Waals surface area contributed by atoms with Crippen LogP contribution in [-0.4, -0.2) is 18.6 Å². The lowest BCUT2D eigenvalue weighted by Crippen LogP contribution is -2.20. The highest BCUT2D eigenvalue weighted by molar-refractivity contribution is 5.51. The van der Waals surface area contributed by atoms with Crippen LogP contribution in [0.25, 0.3) is 0 Å². The monoisotopic (exact) mass is 269 g/mol. The van der Waals surface area contributed by atoms with Gasteiger partial charge in [0.1, 0.15) is 0 Å². The predicted octanol–water partition coefficient (Wildman–Crippen LogP) is 3.14. The molecule has 0 fully saturated rings. The fourth-order valence-corrected chi connectivity index (χ4v) is 2.22. The van der Waals surface area contributed by atoms with Crippen LogP contribution in [0.5, 0.6) is 0 Å². The molecule has 0 aliphatic rings. The molecule has 106 valence electrons. The average molecular weight is 269 g/mol. The van der Waals surface area contributed by atoms with Crippen LogP contribution in [0.3, 0.4) is 0 Å². The van der Waals surface area contributed by atoms with Gasteiger partial charge in [0.2, 0.25) is 0 Å². The van der Waals surface area contributed by atoms with Crippen LogP contribution in [-0.2, 0) is 13.1 Å². The maximum atomic E-state index is 4.26. The first-order valence-electron chi connectivity index (χ1n) is 7.11. The van der Waals surface area contributed by atoms with Crippen molar-refractivity contribution >= 4 is 5.69 Å². The summed E-state index contributed by atoms with van der Waals surface area (Å²) in [4.78, 5) is 6.52. The van der Waals surface area contributed by atoms with E-state index in [1.165, 1.54) is 22.4 Å². The predicted molar refractivity (Wildman–Crippen MR) is 84.9 cm³/mol. The maximum Gasteiger partial charge on any atom is 0.0598 e. The SMILES string of the molecule is CCNCc1ccncc1N(C)Cc1ccc(C)cc1. The molecule has 1 heterocycles. The summed E-state index contributed by atoms with van der Waals surface area (Å²) in [6, 6.07) is 10.8. The molecule has 0 saturated carbocycles. The highest BCUT2D eigenvalue weighted by Crippen LogP contribution is 2.20. The Morgan fingerprint density at radius 2 is 1.90 bits per heavy atom. The number of anilines is 1. The number of aryl methyl sites for hydroxylation is 1. The molecule has 0 amide bonds. The van der Waals surface area contributed by atoms with E-state index in [9.17, 15) is 0 Å². The van der Waals surface area contributed by atoms with Crippen molar-refractivity contribution in [3.8, 4) is 0 Å². The van der Waals surface area contributed by atoms with Gasteiger partial charge in [-0.3, -0.25) is 4.98 Å². The van der Waals surface area contributed by atoms with Crippen LogP contribution in [0.4, 0.5) is 5.69 Å². The number of hydrogen-bond acceptors (Lipinski definition) is 3. The number of rotatable bonds is 6. The molecule has 0 atom stereocenters. The van der Waals surface area contributed by atoms with Gasteiger partial charge in [0.25, 0.3) is 0 Å². The lowest BCUT2D eigenvalue weighted by Gasteiger charge is -2.22. The van der Waals surface area contributed by atoms with Crippen LogP contribution >= 0.6 is 0 Å². The van der Waals surface area contributed by atoms with Gasteiger partial charge in [0, 0.05) is 26.3 Å². The number of aromatic nitrogens is 1. The van der Waals surface area contributed by atoms with Crippen molar-refractivity contribution < 1.29 is 0 Å². The Kier molecular flexibility index (Phi) is 5.13. The quantitative estimate of drug-likeness (QED) is 0.873. The molecule has 2 aromatic rings. The van der Waals surface area contributed by atoms with Gasteiger partial charge in [-0.1, -0.05) is 36.8 Å². The zero-order valence-corrected chi connectivity index (χ0v) is 12.6. The lowest BCUT2D eigenvalue weighted by molar-refractivity contribution is 0.722. The second kappa shape index (κ2) is 7.06. The third-order valence-electron chi connectivity index (χ3n) is 3.40. The standard InChI is InChI=1S/C17H23N3/c1-4-18-11-16-9-10-19-12-17(16)20(3)13-15-7-5-14(2)6-8-15/h5-10,12,18H,4,11,13H2,1-3H3. The highest BCUT2D eigenvalue weighted by Gasteiger charge is 2.07. The van der Waals surface area contributed by atoms with Gasteiger partial charge in [-0.25, -0.2) is 0 Å². The Morgan fingerprint density at radius 3 is 2.60 bits per heavy atom. The number of hydrogen-bond donors (Lipinski definition) is 1. The largest absolute Gasteiger partial charge is 0.369 e. The molecule has 0 bridgehead atoms. The smallest absolute Gasteiger partial charge is 0.0598 e. The number of nitrogens with one attached hydrogen (secondary N) is 1. The molecule has 1 N–H and O–H groups in total. The van der Waals surface area contributed by atoms with Crippen LogP contribution < -0.4 is 10.2 Å². The van der Waals surface area contributed by atoms with Crippen molar-refractivity contribution in [2.75, 3.05) is 18.5 Å². The van der Waals surface area contributed by atoms with Gasteiger partial charge in [0.15, 0.2) is 0 Å². The molecule has 0 saturated heterocycles. The summed E-state index contributed by atoms with van der Waals surface area (Å²) in [5.41, 5.74) is 5.09. The minimum absolute atomic E-state index is 0.882. The minimum Gasteiger partial charge on any atom is -0.369 e. The molecule has 3 nitrogen and oxygen atoms in total. The van der Waals surface area contributed by atoms with Crippen molar-refractivity contribution in [2.45, 2.75) is 26.9 Å². The fraction of sp³-hybridized carbons (Fsp3) is 0.353. The Morgan fingerprint density at radius 1 is 1.15 bits per heavy atom. The summed E-state index contributed by atoms with van der Waals surface area (Å²) in [5.74, 6) is 0. The molecule has 0 unspecified atom stereocenters. The van der Waals surface area contributed by atoms with Crippen molar-refractivity contribution in [1.82, 2.24) is 10.3 Å². The van der Waals surface area contributed by atoms with Crippen LogP contribution in [0.15, 0.2) is 42.7 Å². The highest BCUT2D eigenvalue weighted by atomic mass is 15.1. The lowest BCUT2D eigenvalue weighted by atomic mass is 10.1. The van der Waals surface area contributed by atoms with E-state index >= 15 is 0 Å². The first-order valence-corrected chi connectivity index (χ1v) is 7.11. The van der Waals surface area contributed by atoms with Gasteiger partial charge in [0.05, 0.1) is 11.9 Å². The Hall–Kier alpha value is -1.87. The summed E-state index contributed by atoms with van der Waals surface area (Å²) in [7, 11) is 2.12. The summed E-state index contributed by atoms with van der Waals surface area (Å²) in [5, 5.41) is 3.38. The minimum atomic E-state index is 0.882. The van der Waals surface area contributed by atoms with Gasteiger partial charge >= 0.3 is 0 Å². The van der Waals surface area contributed by atoms with E-state index in [1.807, 2.05) is 12.4 Å². The van der Waals surface area contributed by atoms with Crippen LogP contribution in [0.1, 0.15) is 23.6 Å². The summed E-state index contributed by atoms with van der Waals surface area (Å²) >= 11 is 0. The van der Waals surface area contributed by atoms with E-state index in [-0.39, 0.29) is 0 Å². The average Bonchev–Trinajstić information content (AvgIpc) is 2.47. The van der Waals surface area contributed by atoms with Crippen LogP contribution in [0, 0.1) is 6.92 Å². The van der Waals surface area contributed by atoms with Gasteiger partial charge in [-0.2, -0.15) is 0 Å². The Balaban J connectivity index is 2.12. The van der Waals surface area contributed by atoms with Crippen molar-refractivity contribution in [1.29, 1.82) is 0 Å². The first kappa shape index (κ1) is 14.5. The molecule has 3 heteroatoms. The van der Waals surface area contributed by atoms with E-state index in [4.69, 9.17) is 0 Å². The molecule has 20 heavy (non-hydrogen) atoms. The topological polar surface area (TPSA) is 28.2 Å². The normalized spacial score (nSPS) is 10.6. The van der Waals surface area contributed by atoms with Gasteiger partial charge in [-0.15, -0.1) is 0 Å². The molecular formula is C17H23N3. The Bertz CT molecular complexity index is 534. The summed E-state index contributed by atoms with van der Waals surface area (Å²) in [6.07, 6.45) is 3.80. The van der Waals surface area contributed by atoms with E-state index in [1.54, 1.807) is 0 Å². The first-order chi connectivity index (χ1) is 9.70. The van der Waals surface area contributed by atoms with Crippen molar-refractivity contribution in [3.63, 3.8) is 0 Å². The second-order valence-electron chi connectivity index (χ2n) is 5.13. The number of nitrogens with zero attached hydrogens (tertiary/aromatic N) is 2. The van der Waals surface area contributed by atoms with E-state index in [0.717, 1.165) is 19.6 Å². The molecule has 1 aromatic carbocycles. The molecule has 2 rings (SSSR count). The van der Waals surface area contributed by atoms with Gasteiger partial charge < -0.3 is 10.2 Å². The van der Waals surface area contributed by atoms with Crippen LogP contribution in [0.2, 0.25) is 0 Å². The van der Waals surface area contributed by atoms with Crippen molar-refractivity contribution in [2.24, 2.45) is 0 Å². The maximum absolute atomic E-state index is 4.26. The fourth-order valence-electron chi connectivity index (χ4n) is 2.22. The molecule has 1 aromatic heterocycles. The Labute approximate surface area is 121 Å². The molecule has 0 aliphatic carbocycles. The summed E-state index contributed by atoms with van der Waals surface area (Å²) in [6.45, 7) is 6.99. The zero-order chi connectivity index (χ0) is 14.4. The zero-order valence-electron chi connectivity index (χ0n) is 12.6. The number of pyridine rings is 1. The van der Waals surface area contributed by atoms with E-state index in [2.05, 4.69) is 66.4 Å². The summed E-state index contributed by atoms with van der Waals surface area (Å²) < 4.78 is 0. The molecule has 0 aliphatic heterocycles. The molecular weight excluding hydrogens is 246 g/mol. The second-order valence-corrected chi connectivity index (χ2v) is 5.13.